The zero-order chi connectivity index (χ0) is 14.5. The lowest BCUT2D eigenvalue weighted by Gasteiger charge is -2.14. The fourth-order valence-electron chi connectivity index (χ4n) is 1.97. The first-order chi connectivity index (χ1) is 9.54. The van der Waals surface area contributed by atoms with Gasteiger partial charge in [-0.15, -0.1) is 0 Å². The van der Waals surface area contributed by atoms with Crippen molar-refractivity contribution in [3.05, 3.63) is 48.3 Å². The molecule has 1 N–H and O–H groups in total. The van der Waals surface area contributed by atoms with Crippen molar-refractivity contribution in [2.24, 2.45) is 7.05 Å². The van der Waals surface area contributed by atoms with Gasteiger partial charge in [0.2, 0.25) is 5.91 Å². The Balaban J connectivity index is 2.04. The van der Waals surface area contributed by atoms with E-state index < -0.39 is 0 Å². The van der Waals surface area contributed by atoms with E-state index in [0.717, 1.165) is 5.56 Å². The molecule has 2 rings (SSSR count). The Labute approximate surface area is 119 Å². The first-order valence-electron chi connectivity index (χ1n) is 6.71. The molecule has 0 fully saturated rings. The molecular weight excluding hydrogens is 252 g/mol. The van der Waals surface area contributed by atoms with Crippen LogP contribution in [0.15, 0.2) is 42.7 Å². The molecule has 1 aromatic carbocycles. The Morgan fingerprint density at radius 3 is 2.70 bits per heavy atom. The number of carbonyl (C=O) groups is 1. The van der Waals surface area contributed by atoms with E-state index in [1.165, 1.54) is 0 Å². The minimum Gasteiger partial charge on any atom is -0.489 e. The van der Waals surface area contributed by atoms with Gasteiger partial charge in [0.05, 0.1) is 18.2 Å². The molecule has 106 valence electrons. The Hall–Kier alpha value is -2.23. The van der Waals surface area contributed by atoms with Crippen molar-refractivity contribution in [2.45, 2.75) is 26.4 Å². The van der Waals surface area contributed by atoms with E-state index >= 15 is 0 Å². The summed E-state index contributed by atoms with van der Waals surface area (Å²) in [6.07, 6.45) is 4.30. The summed E-state index contributed by atoms with van der Waals surface area (Å²) in [6.45, 7) is 3.92. The van der Waals surface area contributed by atoms with Crippen LogP contribution in [0.5, 0.6) is 5.75 Å². The zero-order valence-corrected chi connectivity index (χ0v) is 12.1. The summed E-state index contributed by atoms with van der Waals surface area (Å²) in [4.78, 5) is 12.1. The van der Waals surface area contributed by atoms with Gasteiger partial charge in [-0.05, 0) is 37.6 Å². The number of nitrogens with zero attached hydrogens (tertiary/aromatic N) is 1. The highest BCUT2D eigenvalue weighted by atomic mass is 16.5. The highest BCUT2D eigenvalue weighted by Crippen LogP contribution is 2.24. The fraction of sp³-hybridized carbons (Fsp3) is 0.312. The Bertz CT molecular complexity index is 588. The molecule has 0 aliphatic rings. The second-order valence-electron chi connectivity index (χ2n) is 5.07. The Morgan fingerprint density at radius 1 is 1.30 bits per heavy atom. The zero-order valence-electron chi connectivity index (χ0n) is 12.1. The fourth-order valence-corrected chi connectivity index (χ4v) is 1.97. The lowest BCUT2D eigenvalue weighted by molar-refractivity contribution is -0.115. The van der Waals surface area contributed by atoms with Gasteiger partial charge < -0.3 is 14.6 Å². The molecule has 0 radical (unpaired) electrons. The topological polar surface area (TPSA) is 43.3 Å². The number of carbonyl (C=O) groups excluding carboxylic acids is 1. The summed E-state index contributed by atoms with van der Waals surface area (Å²) >= 11 is 0. The predicted molar refractivity (Wildman–Crippen MR) is 80.0 cm³/mol. The molecule has 0 unspecified atom stereocenters. The third-order valence-electron chi connectivity index (χ3n) is 2.78. The van der Waals surface area contributed by atoms with Gasteiger partial charge in [0.15, 0.2) is 0 Å². The molecule has 0 spiro atoms. The van der Waals surface area contributed by atoms with Crippen LogP contribution in [-0.2, 0) is 18.3 Å². The van der Waals surface area contributed by atoms with Gasteiger partial charge in [-0.2, -0.15) is 0 Å². The molecule has 0 aliphatic heterocycles. The second kappa shape index (κ2) is 6.28. The molecule has 1 amide bonds. The lowest BCUT2D eigenvalue weighted by Crippen LogP contribution is -2.16. The van der Waals surface area contributed by atoms with E-state index in [0.29, 0.717) is 17.9 Å². The summed E-state index contributed by atoms with van der Waals surface area (Å²) in [5.74, 6) is 0.653. The highest BCUT2D eigenvalue weighted by molar-refractivity contribution is 5.93. The van der Waals surface area contributed by atoms with Crippen LogP contribution in [-0.4, -0.2) is 16.6 Å². The molecule has 2 aromatic rings. The van der Waals surface area contributed by atoms with E-state index in [-0.39, 0.29) is 12.0 Å². The third-order valence-corrected chi connectivity index (χ3v) is 2.78. The largest absolute Gasteiger partial charge is 0.489 e. The van der Waals surface area contributed by atoms with Crippen LogP contribution >= 0.6 is 0 Å². The monoisotopic (exact) mass is 272 g/mol. The molecule has 4 heteroatoms. The van der Waals surface area contributed by atoms with Crippen molar-refractivity contribution in [3.8, 4) is 5.75 Å². The van der Waals surface area contributed by atoms with Crippen molar-refractivity contribution in [2.75, 3.05) is 5.32 Å². The molecule has 0 aliphatic carbocycles. The number of ether oxygens (including phenoxy) is 1. The van der Waals surface area contributed by atoms with Gasteiger partial charge in [0.25, 0.3) is 0 Å². The van der Waals surface area contributed by atoms with Crippen LogP contribution in [0.4, 0.5) is 5.69 Å². The van der Waals surface area contributed by atoms with Crippen molar-refractivity contribution >= 4 is 11.6 Å². The van der Waals surface area contributed by atoms with E-state index in [9.17, 15) is 4.79 Å². The number of benzene rings is 1. The number of aryl methyl sites for hydroxylation is 1. The maximum Gasteiger partial charge on any atom is 0.228 e. The predicted octanol–water partition coefficient (Wildman–Crippen LogP) is 2.99. The van der Waals surface area contributed by atoms with Crippen molar-refractivity contribution in [1.82, 2.24) is 4.57 Å². The van der Waals surface area contributed by atoms with Crippen LogP contribution < -0.4 is 10.1 Å². The number of hydrogen-bond acceptors (Lipinski definition) is 2. The van der Waals surface area contributed by atoms with Gasteiger partial charge in [0, 0.05) is 19.4 Å². The molecule has 4 nitrogen and oxygen atoms in total. The number of rotatable bonds is 5. The Kier molecular flexibility index (Phi) is 4.45. The maximum atomic E-state index is 12.1. The number of nitrogens with one attached hydrogen (secondary N) is 1. The maximum absolute atomic E-state index is 12.1. The minimum atomic E-state index is -0.0454. The third kappa shape index (κ3) is 3.88. The van der Waals surface area contributed by atoms with E-state index in [1.807, 2.05) is 68.2 Å². The molecule has 0 saturated carbocycles. The van der Waals surface area contributed by atoms with Gasteiger partial charge in [-0.25, -0.2) is 0 Å². The van der Waals surface area contributed by atoms with E-state index in [4.69, 9.17) is 4.74 Å². The van der Waals surface area contributed by atoms with Crippen LogP contribution in [0.3, 0.4) is 0 Å². The number of aromatic nitrogens is 1. The first-order valence-corrected chi connectivity index (χ1v) is 6.71. The van der Waals surface area contributed by atoms with Gasteiger partial charge >= 0.3 is 0 Å². The van der Waals surface area contributed by atoms with Crippen molar-refractivity contribution < 1.29 is 9.53 Å². The summed E-state index contributed by atoms with van der Waals surface area (Å²) in [7, 11) is 1.94. The summed E-state index contributed by atoms with van der Waals surface area (Å²) in [5, 5.41) is 2.90. The summed E-state index contributed by atoms with van der Waals surface area (Å²) in [6, 6.07) is 9.42. The van der Waals surface area contributed by atoms with Gasteiger partial charge in [-0.3, -0.25) is 4.79 Å². The molecule has 20 heavy (non-hydrogen) atoms. The van der Waals surface area contributed by atoms with Crippen LogP contribution in [0.1, 0.15) is 19.4 Å². The normalized spacial score (nSPS) is 10.6. The quantitative estimate of drug-likeness (QED) is 0.909. The molecule has 1 aromatic heterocycles. The number of anilines is 1. The standard InChI is InChI=1S/C16H20N2O2/c1-12(2)20-15-7-5-4-6-14(15)17-16(19)10-13-8-9-18(3)11-13/h4-9,11-12H,10H2,1-3H3,(H,17,19). The first kappa shape index (κ1) is 14.2. The molecule has 0 saturated heterocycles. The summed E-state index contributed by atoms with van der Waals surface area (Å²) in [5.41, 5.74) is 1.70. The SMILES string of the molecule is CC(C)Oc1ccccc1NC(=O)Cc1ccn(C)c1. The summed E-state index contributed by atoms with van der Waals surface area (Å²) < 4.78 is 7.61. The van der Waals surface area contributed by atoms with Crippen LogP contribution in [0, 0.1) is 0 Å². The van der Waals surface area contributed by atoms with Crippen molar-refractivity contribution in [1.29, 1.82) is 0 Å². The molecule has 0 atom stereocenters. The molecule has 1 heterocycles. The highest BCUT2D eigenvalue weighted by Gasteiger charge is 2.09. The smallest absolute Gasteiger partial charge is 0.228 e. The van der Waals surface area contributed by atoms with Crippen molar-refractivity contribution in [3.63, 3.8) is 0 Å². The lowest BCUT2D eigenvalue weighted by atomic mass is 10.2. The minimum absolute atomic E-state index is 0.0454. The second-order valence-corrected chi connectivity index (χ2v) is 5.07. The van der Waals surface area contributed by atoms with Crippen LogP contribution in [0.25, 0.3) is 0 Å². The van der Waals surface area contributed by atoms with E-state index in [1.54, 1.807) is 0 Å². The number of hydrogen-bond donors (Lipinski definition) is 1. The van der Waals surface area contributed by atoms with Gasteiger partial charge in [-0.1, -0.05) is 12.1 Å². The number of para-hydroxylation sites is 2. The average Bonchev–Trinajstić information content (AvgIpc) is 2.76. The Morgan fingerprint density at radius 2 is 2.05 bits per heavy atom. The number of amides is 1. The molecular formula is C16H20N2O2. The molecule has 0 bridgehead atoms. The van der Waals surface area contributed by atoms with Gasteiger partial charge in [0.1, 0.15) is 5.75 Å². The average molecular weight is 272 g/mol. The van der Waals surface area contributed by atoms with E-state index in [2.05, 4.69) is 5.32 Å². The van der Waals surface area contributed by atoms with Crippen LogP contribution in [0.2, 0.25) is 0 Å².